The van der Waals surface area contributed by atoms with Crippen LogP contribution in [0.25, 0.3) is 10.4 Å². The lowest BCUT2D eigenvalue weighted by atomic mass is 10.1. The third kappa shape index (κ3) is 3.57. The van der Waals surface area contributed by atoms with Crippen molar-refractivity contribution in [2.45, 2.75) is 13.0 Å². The number of rotatable bonds is 4. The molecule has 1 unspecified atom stereocenters. The van der Waals surface area contributed by atoms with E-state index in [-0.39, 0.29) is 12.1 Å². The number of hydrogen-bond acceptors (Lipinski definition) is 4. The zero-order valence-corrected chi connectivity index (χ0v) is 13.7. The minimum Gasteiger partial charge on any atom is -0.328 e. The van der Waals surface area contributed by atoms with Gasteiger partial charge in [-0.3, -0.25) is 0 Å². The zero-order valence-electron chi connectivity index (χ0n) is 12.9. The standard InChI is InChI=1S/C16H17N5OS/c1-11(15-20-17-10-21(15)2)18-16(22)19-13-6-3-5-12(9-13)14-7-4-8-23-14/h3-11H,1-2H3,(H2,18,19,22). The lowest BCUT2D eigenvalue weighted by Crippen LogP contribution is -2.32. The summed E-state index contributed by atoms with van der Waals surface area (Å²) in [5, 5.41) is 15.6. The van der Waals surface area contributed by atoms with Crippen molar-refractivity contribution >= 4 is 23.1 Å². The van der Waals surface area contributed by atoms with Crippen LogP contribution in [0.2, 0.25) is 0 Å². The van der Waals surface area contributed by atoms with E-state index < -0.39 is 0 Å². The number of hydrogen-bond donors (Lipinski definition) is 2. The first-order chi connectivity index (χ1) is 11.1. The van der Waals surface area contributed by atoms with Crippen molar-refractivity contribution in [3.8, 4) is 10.4 Å². The second-order valence-corrected chi connectivity index (χ2v) is 6.13. The maximum Gasteiger partial charge on any atom is 0.319 e. The van der Waals surface area contributed by atoms with Crippen LogP contribution in [0.5, 0.6) is 0 Å². The molecule has 0 radical (unpaired) electrons. The van der Waals surface area contributed by atoms with Crippen molar-refractivity contribution in [3.05, 3.63) is 53.9 Å². The normalized spacial score (nSPS) is 11.9. The van der Waals surface area contributed by atoms with E-state index in [1.54, 1.807) is 22.2 Å². The highest BCUT2D eigenvalue weighted by Crippen LogP contribution is 2.26. The summed E-state index contributed by atoms with van der Waals surface area (Å²) in [6.45, 7) is 1.87. The number of nitrogens with zero attached hydrogens (tertiary/aromatic N) is 3. The molecule has 0 bridgehead atoms. The summed E-state index contributed by atoms with van der Waals surface area (Å²) in [6.07, 6.45) is 1.61. The van der Waals surface area contributed by atoms with Crippen molar-refractivity contribution in [1.29, 1.82) is 0 Å². The molecular weight excluding hydrogens is 310 g/mol. The molecule has 1 aromatic carbocycles. The number of amides is 2. The molecule has 0 spiro atoms. The molecule has 118 valence electrons. The number of benzene rings is 1. The SMILES string of the molecule is CC(NC(=O)Nc1cccc(-c2cccs2)c1)c1nncn1C. The van der Waals surface area contributed by atoms with Gasteiger partial charge in [-0.25, -0.2) is 4.79 Å². The monoisotopic (exact) mass is 327 g/mol. The van der Waals surface area contributed by atoms with Gasteiger partial charge in [0.2, 0.25) is 0 Å². The minimum atomic E-state index is -0.274. The highest BCUT2D eigenvalue weighted by molar-refractivity contribution is 7.13. The number of urea groups is 1. The van der Waals surface area contributed by atoms with Crippen LogP contribution in [-0.4, -0.2) is 20.8 Å². The number of thiophene rings is 1. The predicted molar refractivity (Wildman–Crippen MR) is 91.3 cm³/mol. The van der Waals surface area contributed by atoms with Gasteiger partial charge in [0.05, 0.1) is 6.04 Å². The van der Waals surface area contributed by atoms with Gasteiger partial charge in [-0.1, -0.05) is 18.2 Å². The maximum atomic E-state index is 12.2. The molecule has 0 saturated heterocycles. The third-order valence-corrected chi connectivity index (χ3v) is 4.33. The smallest absolute Gasteiger partial charge is 0.319 e. The summed E-state index contributed by atoms with van der Waals surface area (Å²) in [5.74, 6) is 0.701. The number of aromatic nitrogens is 3. The van der Waals surface area contributed by atoms with Crippen LogP contribution in [0, 0.1) is 0 Å². The van der Waals surface area contributed by atoms with Crippen LogP contribution in [0.3, 0.4) is 0 Å². The molecule has 6 nitrogen and oxygen atoms in total. The average molecular weight is 327 g/mol. The van der Waals surface area contributed by atoms with Gasteiger partial charge >= 0.3 is 6.03 Å². The number of carbonyl (C=O) groups is 1. The van der Waals surface area contributed by atoms with E-state index in [9.17, 15) is 4.79 Å². The summed E-state index contributed by atoms with van der Waals surface area (Å²) in [7, 11) is 1.84. The first-order valence-electron chi connectivity index (χ1n) is 7.19. The molecule has 0 aliphatic heterocycles. The van der Waals surface area contributed by atoms with E-state index in [1.807, 2.05) is 49.7 Å². The number of carbonyl (C=O) groups excluding carboxylic acids is 1. The minimum absolute atomic E-state index is 0.233. The van der Waals surface area contributed by atoms with E-state index in [4.69, 9.17) is 0 Å². The predicted octanol–water partition coefficient (Wildman–Crippen LogP) is 3.43. The topological polar surface area (TPSA) is 71.8 Å². The van der Waals surface area contributed by atoms with Crippen LogP contribution in [0.15, 0.2) is 48.1 Å². The fourth-order valence-electron chi connectivity index (χ4n) is 2.31. The van der Waals surface area contributed by atoms with Crippen LogP contribution >= 0.6 is 11.3 Å². The van der Waals surface area contributed by atoms with Crippen LogP contribution < -0.4 is 10.6 Å². The van der Waals surface area contributed by atoms with Gasteiger partial charge in [-0.15, -0.1) is 21.5 Å². The van der Waals surface area contributed by atoms with Crippen molar-refractivity contribution in [1.82, 2.24) is 20.1 Å². The maximum absolute atomic E-state index is 12.2. The Hall–Kier alpha value is -2.67. The Bertz CT molecular complexity index is 796. The molecule has 2 aromatic heterocycles. The van der Waals surface area contributed by atoms with Crippen LogP contribution in [0.4, 0.5) is 10.5 Å². The molecule has 2 heterocycles. The van der Waals surface area contributed by atoms with E-state index >= 15 is 0 Å². The van der Waals surface area contributed by atoms with E-state index in [1.165, 1.54) is 4.88 Å². The van der Waals surface area contributed by atoms with Gasteiger partial charge < -0.3 is 15.2 Å². The average Bonchev–Trinajstić information content (AvgIpc) is 3.18. The largest absolute Gasteiger partial charge is 0.328 e. The Morgan fingerprint density at radius 1 is 1.30 bits per heavy atom. The highest BCUT2D eigenvalue weighted by atomic mass is 32.1. The molecule has 0 aliphatic rings. The summed E-state index contributed by atoms with van der Waals surface area (Å²) >= 11 is 1.67. The van der Waals surface area contributed by atoms with E-state index in [2.05, 4.69) is 26.9 Å². The third-order valence-electron chi connectivity index (χ3n) is 3.41. The van der Waals surface area contributed by atoms with Crippen LogP contribution in [-0.2, 0) is 7.05 Å². The molecule has 1 atom stereocenters. The Kier molecular flexibility index (Phi) is 4.38. The fraction of sp³-hybridized carbons (Fsp3) is 0.188. The summed E-state index contributed by atoms with van der Waals surface area (Å²) in [5.41, 5.74) is 1.83. The van der Waals surface area contributed by atoms with Crippen molar-refractivity contribution in [2.75, 3.05) is 5.32 Å². The number of aryl methyl sites for hydroxylation is 1. The molecule has 3 rings (SSSR count). The van der Waals surface area contributed by atoms with Gasteiger partial charge in [0.15, 0.2) is 5.82 Å². The molecule has 7 heteroatoms. The molecule has 23 heavy (non-hydrogen) atoms. The summed E-state index contributed by atoms with van der Waals surface area (Å²) in [6, 6.07) is 11.3. The second kappa shape index (κ2) is 6.62. The Morgan fingerprint density at radius 3 is 2.87 bits per heavy atom. The molecule has 2 amide bonds. The first kappa shape index (κ1) is 15.2. The number of anilines is 1. The fourth-order valence-corrected chi connectivity index (χ4v) is 3.03. The van der Waals surface area contributed by atoms with Gasteiger partial charge in [-0.05, 0) is 36.1 Å². The lowest BCUT2D eigenvalue weighted by Gasteiger charge is -2.14. The second-order valence-electron chi connectivity index (χ2n) is 5.18. The Labute approximate surface area is 138 Å². The highest BCUT2D eigenvalue weighted by Gasteiger charge is 2.14. The number of nitrogens with one attached hydrogen (secondary N) is 2. The Balaban J connectivity index is 1.66. The summed E-state index contributed by atoms with van der Waals surface area (Å²) < 4.78 is 1.78. The van der Waals surface area contributed by atoms with E-state index in [0.29, 0.717) is 5.82 Å². The molecule has 0 aliphatic carbocycles. The van der Waals surface area contributed by atoms with Gasteiger partial charge in [-0.2, -0.15) is 0 Å². The van der Waals surface area contributed by atoms with Gasteiger partial charge in [0, 0.05) is 17.6 Å². The molecule has 0 fully saturated rings. The molecule has 0 saturated carbocycles. The van der Waals surface area contributed by atoms with Crippen molar-refractivity contribution in [3.63, 3.8) is 0 Å². The lowest BCUT2D eigenvalue weighted by molar-refractivity contribution is 0.248. The van der Waals surface area contributed by atoms with E-state index in [0.717, 1.165) is 11.3 Å². The van der Waals surface area contributed by atoms with Crippen molar-refractivity contribution in [2.24, 2.45) is 7.05 Å². The molecule has 2 N–H and O–H groups in total. The Morgan fingerprint density at radius 2 is 2.17 bits per heavy atom. The quantitative estimate of drug-likeness (QED) is 0.771. The zero-order chi connectivity index (χ0) is 16.2. The first-order valence-corrected chi connectivity index (χ1v) is 8.07. The molecule has 3 aromatic rings. The van der Waals surface area contributed by atoms with Gasteiger partial charge in [0.25, 0.3) is 0 Å². The molecular formula is C16H17N5OS. The van der Waals surface area contributed by atoms with Gasteiger partial charge in [0.1, 0.15) is 6.33 Å². The summed E-state index contributed by atoms with van der Waals surface area (Å²) in [4.78, 5) is 13.3. The van der Waals surface area contributed by atoms with Crippen LogP contribution in [0.1, 0.15) is 18.8 Å². The van der Waals surface area contributed by atoms with Crippen molar-refractivity contribution < 1.29 is 4.79 Å².